The number of carbonyl (C=O) groups is 1. The third-order valence-electron chi connectivity index (χ3n) is 2.23. The molecule has 0 atom stereocenters. The van der Waals surface area contributed by atoms with Gasteiger partial charge in [-0.2, -0.15) is 0 Å². The number of likely N-dealkylation sites (N-methyl/N-ethyl adjacent to an activating group) is 1. The molecule has 0 aromatic heterocycles. The summed E-state index contributed by atoms with van der Waals surface area (Å²) in [5, 5.41) is 2.90. The topological polar surface area (TPSA) is 32.3 Å². The minimum Gasteiger partial charge on any atom is -0.354 e. The van der Waals surface area contributed by atoms with Gasteiger partial charge in [0.2, 0.25) is 5.91 Å². The van der Waals surface area contributed by atoms with Crippen LogP contribution in [0.5, 0.6) is 0 Å². The molecule has 94 valence electrons. The van der Waals surface area contributed by atoms with Crippen molar-refractivity contribution in [2.75, 3.05) is 32.9 Å². The summed E-state index contributed by atoms with van der Waals surface area (Å²) >= 11 is 1.65. The number of amides is 1. The fourth-order valence-electron chi connectivity index (χ4n) is 1.31. The Labute approximate surface area is 108 Å². The van der Waals surface area contributed by atoms with Crippen molar-refractivity contribution in [1.82, 2.24) is 10.2 Å². The molecule has 4 heteroatoms. The summed E-state index contributed by atoms with van der Waals surface area (Å²) < 4.78 is 0. The molecular formula is C13H20N2OS. The fourth-order valence-corrected chi connectivity index (χ4v) is 2.12. The lowest BCUT2D eigenvalue weighted by Crippen LogP contribution is -2.32. The number of rotatable bonds is 7. The number of nitrogens with zero attached hydrogens (tertiary/aromatic N) is 1. The Morgan fingerprint density at radius 2 is 2.00 bits per heavy atom. The first-order valence-electron chi connectivity index (χ1n) is 5.71. The number of benzene rings is 1. The van der Waals surface area contributed by atoms with Gasteiger partial charge in [0.15, 0.2) is 0 Å². The van der Waals surface area contributed by atoms with Crippen LogP contribution in [0, 0.1) is 0 Å². The maximum atomic E-state index is 11.5. The lowest BCUT2D eigenvalue weighted by atomic mass is 10.2. The quantitative estimate of drug-likeness (QED) is 0.800. The third kappa shape index (κ3) is 7.02. The van der Waals surface area contributed by atoms with Crippen molar-refractivity contribution in [3.05, 3.63) is 35.9 Å². The van der Waals surface area contributed by atoms with E-state index >= 15 is 0 Å². The number of nitrogens with one attached hydrogen (secondary N) is 1. The second kappa shape index (κ2) is 8.14. The molecule has 3 nitrogen and oxygen atoms in total. The van der Waals surface area contributed by atoms with Gasteiger partial charge in [-0.3, -0.25) is 4.79 Å². The van der Waals surface area contributed by atoms with Crippen molar-refractivity contribution in [3.63, 3.8) is 0 Å². The summed E-state index contributed by atoms with van der Waals surface area (Å²) in [6.07, 6.45) is 0. The Kier molecular flexibility index (Phi) is 6.74. The average molecular weight is 252 g/mol. The first-order valence-corrected chi connectivity index (χ1v) is 6.87. The second-order valence-electron chi connectivity index (χ2n) is 4.13. The van der Waals surface area contributed by atoms with Crippen LogP contribution < -0.4 is 5.32 Å². The van der Waals surface area contributed by atoms with Crippen LogP contribution in [-0.4, -0.2) is 43.7 Å². The molecule has 0 aliphatic carbocycles. The molecule has 0 unspecified atom stereocenters. The zero-order chi connectivity index (χ0) is 12.5. The van der Waals surface area contributed by atoms with E-state index in [1.165, 1.54) is 5.56 Å². The summed E-state index contributed by atoms with van der Waals surface area (Å²) in [6.45, 7) is 1.60. The van der Waals surface area contributed by atoms with Crippen molar-refractivity contribution in [1.29, 1.82) is 0 Å². The van der Waals surface area contributed by atoms with Gasteiger partial charge in [-0.1, -0.05) is 30.3 Å². The maximum absolute atomic E-state index is 11.5. The molecule has 1 aromatic rings. The smallest absolute Gasteiger partial charge is 0.230 e. The molecule has 1 aromatic carbocycles. The van der Waals surface area contributed by atoms with Crippen LogP contribution >= 0.6 is 11.8 Å². The normalized spacial score (nSPS) is 10.5. The molecule has 0 fully saturated rings. The van der Waals surface area contributed by atoms with Crippen molar-refractivity contribution < 1.29 is 4.79 Å². The molecule has 0 saturated carbocycles. The Morgan fingerprint density at radius 3 is 2.65 bits per heavy atom. The van der Waals surface area contributed by atoms with Gasteiger partial charge in [-0.05, 0) is 19.7 Å². The van der Waals surface area contributed by atoms with E-state index in [2.05, 4.69) is 22.3 Å². The molecule has 17 heavy (non-hydrogen) atoms. The largest absolute Gasteiger partial charge is 0.354 e. The van der Waals surface area contributed by atoms with Gasteiger partial charge in [-0.25, -0.2) is 0 Å². The highest BCUT2D eigenvalue weighted by Crippen LogP contribution is 2.10. The van der Waals surface area contributed by atoms with Gasteiger partial charge < -0.3 is 10.2 Å². The third-order valence-corrected chi connectivity index (χ3v) is 3.23. The molecule has 1 N–H and O–H groups in total. The minimum atomic E-state index is 0.118. The fraction of sp³-hybridized carbons (Fsp3) is 0.462. The molecule has 1 amide bonds. The van der Waals surface area contributed by atoms with Gasteiger partial charge in [0, 0.05) is 18.8 Å². The lowest BCUT2D eigenvalue weighted by molar-refractivity contribution is -0.118. The summed E-state index contributed by atoms with van der Waals surface area (Å²) in [7, 11) is 3.99. The molecule has 0 saturated heterocycles. The first kappa shape index (κ1) is 14.1. The van der Waals surface area contributed by atoms with Gasteiger partial charge in [0.05, 0.1) is 5.75 Å². The van der Waals surface area contributed by atoms with E-state index in [1.807, 2.05) is 32.3 Å². The summed E-state index contributed by atoms with van der Waals surface area (Å²) in [5.41, 5.74) is 1.26. The zero-order valence-corrected chi connectivity index (χ0v) is 11.3. The van der Waals surface area contributed by atoms with E-state index in [0.717, 1.165) is 18.8 Å². The standard InChI is InChI=1S/C13H20N2OS/c1-15(2)9-8-14-13(16)11-17-10-12-6-4-3-5-7-12/h3-7H,8-11H2,1-2H3,(H,14,16). The van der Waals surface area contributed by atoms with Crippen LogP contribution in [0.2, 0.25) is 0 Å². The minimum absolute atomic E-state index is 0.118. The molecular weight excluding hydrogens is 232 g/mol. The van der Waals surface area contributed by atoms with E-state index < -0.39 is 0 Å². The highest BCUT2D eigenvalue weighted by Gasteiger charge is 2.01. The van der Waals surface area contributed by atoms with Crippen LogP contribution in [0.3, 0.4) is 0 Å². The Bertz CT molecular complexity index is 327. The molecule has 0 heterocycles. The van der Waals surface area contributed by atoms with Crippen molar-refractivity contribution in [2.45, 2.75) is 5.75 Å². The van der Waals surface area contributed by atoms with Crippen molar-refractivity contribution in [2.24, 2.45) is 0 Å². The molecule has 1 rings (SSSR count). The van der Waals surface area contributed by atoms with Gasteiger partial charge in [0.1, 0.15) is 0 Å². The second-order valence-corrected chi connectivity index (χ2v) is 5.12. The summed E-state index contributed by atoms with van der Waals surface area (Å²) in [4.78, 5) is 13.5. The predicted molar refractivity (Wildman–Crippen MR) is 74.2 cm³/mol. The maximum Gasteiger partial charge on any atom is 0.230 e. The zero-order valence-electron chi connectivity index (χ0n) is 10.5. The molecule has 0 spiro atoms. The number of thioether (sulfide) groups is 1. The van der Waals surface area contributed by atoms with Gasteiger partial charge in [-0.15, -0.1) is 11.8 Å². The van der Waals surface area contributed by atoms with Gasteiger partial charge >= 0.3 is 0 Å². The molecule has 0 radical (unpaired) electrons. The van der Waals surface area contributed by atoms with Crippen LogP contribution in [-0.2, 0) is 10.5 Å². The first-order chi connectivity index (χ1) is 8.18. The van der Waals surface area contributed by atoms with Gasteiger partial charge in [0.25, 0.3) is 0 Å². The van der Waals surface area contributed by atoms with E-state index in [1.54, 1.807) is 11.8 Å². The SMILES string of the molecule is CN(C)CCNC(=O)CSCc1ccccc1. The Hall–Kier alpha value is -1.00. The number of hydrogen-bond donors (Lipinski definition) is 1. The highest BCUT2D eigenvalue weighted by atomic mass is 32.2. The molecule has 0 aliphatic rings. The van der Waals surface area contributed by atoms with Crippen LogP contribution in [0.15, 0.2) is 30.3 Å². The van der Waals surface area contributed by atoms with Crippen molar-refractivity contribution >= 4 is 17.7 Å². The van der Waals surface area contributed by atoms with E-state index in [9.17, 15) is 4.79 Å². The Morgan fingerprint density at radius 1 is 1.29 bits per heavy atom. The van der Waals surface area contributed by atoms with E-state index in [-0.39, 0.29) is 5.91 Å². The number of hydrogen-bond acceptors (Lipinski definition) is 3. The summed E-state index contributed by atoms with van der Waals surface area (Å²) in [5.74, 6) is 1.54. The number of carbonyl (C=O) groups excluding carboxylic acids is 1. The molecule has 0 bridgehead atoms. The monoisotopic (exact) mass is 252 g/mol. The average Bonchev–Trinajstić information content (AvgIpc) is 2.30. The predicted octanol–water partition coefficient (Wildman–Crippen LogP) is 1.60. The Balaban J connectivity index is 2.08. The lowest BCUT2D eigenvalue weighted by Gasteiger charge is -2.10. The van der Waals surface area contributed by atoms with Crippen molar-refractivity contribution in [3.8, 4) is 0 Å². The van der Waals surface area contributed by atoms with Crippen LogP contribution in [0.25, 0.3) is 0 Å². The summed E-state index contributed by atoms with van der Waals surface area (Å²) in [6, 6.07) is 10.2. The van der Waals surface area contributed by atoms with Crippen LogP contribution in [0.1, 0.15) is 5.56 Å². The highest BCUT2D eigenvalue weighted by molar-refractivity contribution is 7.99. The van der Waals surface area contributed by atoms with Crippen LogP contribution in [0.4, 0.5) is 0 Å². The van der Waals surface area contributed by atoms with E-state index in [4.69, 9.17) is 0 Å². The molecule has 0 aliphatic heterocycles. The van der Waals surface area contributed by atoms with E-state index in [0.29, 0.717) is 5.75 Å².